The van der Waals surface area contributed by atoms with Gasteiger partial charge in [-0.2, -0.15) is 0 Å². The lowest BCUT2D eigenvalue weighted by Gasteiger charge is -2.26. The highest BCUT2D eigenvalue weighted by Gasteiger charge is 2.25. The number of rotatable bonds is 12. The number of carbonyl (C=O) groups is 2. The minimum Gasteiger partial charge on any atom is -0.497 e. The van der Waals surface area contributed by atoms with Crippen LogP contribution in [-0.4, -0.2) is 83.8 Å². The van der Waals surface area contributed by atoms with Gasteiger partial charge in [-0.15, -0.1) is 0 Å². The van der Waals surface area contributed by atoms with Gasteiger partial charge in [0.15, 0.2) is 0 Å². The number of hydrogen-bond acceptors (Lipinski definition) is 9. The number of pyridine rings is 2. The Bertz CT molecular complexity index is 2940. The van der Waals surface area contributed by atoms with E-state index in [1.165, 1.54) is 0 Å². The lowest BCUT2D eigenvalue weighted by atomic mass is 10.1. The van der Waals surface area contributed by atoms with Gasteiger partial charge in [0.25, 0.3) is 0 Å². The van der Waals surface area contributed by atoms with Crippen LogP contribution in [0.2, 0.25) is 0 Å². The number of hydrogen-bond donors (Lipinski definition) is 0. The van der Waals surface area contributed by atoms with Crippen LogP contribution in [0.3, 0.4) is 0 Å². The number of carbonyl (C=O) groups excluding carboxylic acids is 2. The third-order valence-corrected chi connectivity index (χ3v) is 11.7. The number of imidazole rings is 2. The quantitative estimate of drug-likeness (QED) is 0.117. The Hall–Kier alpha value is -6.06. The lowest BCUT2D eigenvalue weighted by Crippen LogP contribution is -2.37. The molecule has 0 spiro atoms. The maximum Gasteiger partial charge on any atom is 0.410 e. The second-order valence-electron chi connectivity index (χ2n) is 16.3. The van der Waals surface area contributed by atoms with Crippen molar-refractivity contribution in [1.82, 2.24) is 38.9 Å². The van der Waals surface area contributed by atoms with Gasteiger partial charge in [-0.1, -0.05) is 56.1 Å². The normalized spacial score (nSPS) is 11.5. The lowest BCUT2D eigenvalue weighted by molar-refractivity contribution is -0.129. The molecule has 4 aromatic heterocycles. The number of ether oxygens (including phenoxy) is 3. The van der Waals surface area contributed by atoms with Crippen molar-refractivity contribution in [2.75, 3.05) is 27.3 Å². The first kappa shape index (κ1) is 45.9. The molecule has 0 radical (unpaired) electrons. The third-order valence-electron chi connectivity index (χ3n) is 10.8. The molecule has 0 saturated heterocycles. The van der Waals surface area contributed by atoms with Gasteiger partial charge in [0.2, 0.25) is 5.91 Å². The Morgan fingerprint density at radius 3 is 1.42 bits per heavy atom. The van der Waals surface area contributed by atoms with Crippen molar-refractivity contribution in [3.63, 3.8) is 0 Å². The molecule has 0 atom stereocenters. The first-order valence-corrected chi connectivity index (χ1v) is 22.6. The van der Waals surface area contributed by atoms with Crippen molar-refractivity contribution in [3.05, 3.63) is 129 Å². The van der Waals surface area contributed by atoms with Crippen LogP contribution in [0.5, 0.6) is 11.5 Å². The summed E-state index contributed by atoms with van der Waals surface area (Å²) in [6, 6.07) is 28.1. The smallest absolute Gasteiger partial charge is 0.410 e. The number of amides is 2. The van der Waals surface area contributed by atoms with Gasteiger partial charge in [0, 0.05) is 52.8 Å². The number of halogens is 2. The number of aromatic nitrogens is 6. The molecule has 2 amide bonds. The maximum atomic E-state index is 12.8. The predicted octanol–water partition coefficient (Wildman–Crippen LogP) is 10.9. The van der Waals surface area contributed by atoms with Gasteiger partial charge in [-0.05, 0) is 106 Å². The number of fused-ring (bicyclic) bond motifs is 6. The van der Waals surface area contributed by atoms with Gasteiger partial charge in [-0.3, -0.25) is 14.8 Å². The Kier molecular flexibility index (Phi) is 14.2. The molecule has 0 bridgehead atoms. The highest BCUT2D eigenvalue weighted by molar-refractivity contribution is 9.10. The van der Waals surface area contributed by atoms with E-state index >= 15 is 0 Å². The average molecular weight is 993 g/mol. The fourth-order valence-electron chi connectivity index (χ4n) is 7.50. The standard InChI is InChI=1S/C26H29BrN4O3.C23H23BrN4O2/c1-6-30(25(32)34-26(2,3)4)16-23-29-22-14-28-21-13-18(27)9-12-20(21)24(22)31(23)15-17-7-10-19(33-5)11-8-17;1-4-27(15(2)29)14-22-26-21-12-25-20-11-17(24)7-10-19(20)23(21)28(22)13-16-5-8-18(30-3)9-6-16/h7-14H,6,15-16H2,1-5H3;5-12H,4,13-14H2,1-3H3. The molecule has 13 nitrogen and oxygen atoms in total. The van der Waals surface area contributed by atoms with Crippen molar-refractivity contribution in [1.29, 1.82) is 0 Å². The van der Waals surface area contributed by atoms with E-state index in [9.17, 15) is 9.59 Å². The van der Waals surface area contributed by atoms with Crippen LogP contribution in [0.25, 0.3) is 43.9 Å². The minimum atomic E-state index is -0.568. The summed E-state index contributed by atoms with van der Waals surface area (Å²) in [6.07, 6.45) is 3.24. The monoisotopic (exact) mass is 990 g/mol. The van der Waals surface area contributed by atoms with Crippen LogP contribution in [-0.2, 0) is 35.7 Å². The van der Waals surface area contributed by atoms with Crippen LogP contribution in [0, 0.1) is 0 Å². The summed E-state index contributed by atoms with van der Waals surface area (Å²) in [4.78, 5) is 47.3. The first-order valence-electron chi connectivity index (χ1n) is 21.0. The second-order valence-corrected chi connectivity index (χ2v) is 18.1. The highest BCUT2D eigenvalue weighted by atomic mass is 79.9. The number of methoxy groups -OCH3 is 2. The maximum absolute atomic E-state index is 12.8. The summed E-state index contributed by atoms with van der Waals surface area (Å²) in [6.45, 7) is 14.3. The summed E-state index contributed by atoms with van der Waals surface area (Å²) in [5, 5.41) is 2.04. The third kappa shape index (κ3) is 10.5. The second kappa shape index (κ2) is 19.8. The van der Waals surface area contributed by atoms with Crippen molar-refractivity contribution in [3.8, 4) is 11.5 Å². The molecule has 0 aliphatic rings. The molecule has 8 rings (SSSR count). The van der Waals surface area contributed by atoms with E-state index in [0.29, 0.717) is 39.3 Å². The molecule has 332 valence electrons. The van der Waals surface area contributed by atoms with Gasteiger partial charge in [0.05, 0.1) is 61.8 Å². The summed E-state index contributed by atoms with van der Waals surface area (Å²) in [5.74, 6) is 3.28. The van der Waals surface area contributed by atoms with Crippen molar-refractivity contribution >= 4 is 87.7 Å². The molecule has 0 aliphatic heterocycles. The van der Waals surface area contributed by atoms with Crippen LogP contribution in [0.15, 0.2) is 106 Å². The van der Waals surface area contributed by atoms with Crippen LogP contribution < -0.4 is 9.47 Å². The van der Waals surface area contributed by atoms with Crippen molar-refractivity contribution < 1.29 is 23.8 Å². The largest absolute Gasteiger partial charge is 0.497 e. The summed E-state index contributed by atoms with van der Waals surface area (Å²) in [7, 11) is 3.32. The van der Waals surface area contributed by atoms with Gasteiger partial charge < -0.3 is 33.1 Å². The van der Waals surface area contributed by atoms with Crippen molar-refractivity contribution in [2.45, 2.75) is 73.3 Å². The van der Waals surface area contributed by atoms with E-state index in [2.05, 4.69) is 75.2 Å². The Morgan fingerprint density at radius 1 is 0.625 bits per heavy atom. The zero-order valence-corrected chi connectivity index (χ0v) is 40.5. The Labute approximate surface area is 389 Å². The van der Waals surface area contributed by atoms with E-state index < -0.39 is 5.60 Å². The molecule has 4 heterocycles. The molecule has 0 aliphatic carbocycles. The van der Waals surface area contributed by atoms with Crippen LogP contribution in [0.1, 0.15) is 64.3 Å². The summed E-state index contributed by atoms with van der Waals surface area (Å²) >= 11 is 7.06. The Balaban J connectivity index is 0.000000193. The van der Waals surface area contributed by atoms with Gasteiger partial charge >= 0.3 is 6.09 Å². The van der Waals surface area contributed by atoms with E-state index in [1.54, 1.807) is 37.1 Å². The molecule has 0 saturated carbocycles. The molecule has 0 fully saturated rings. The zero-order chi connectivity index (χ0) is 45.7. The Morgan fingerprint density at radius 2 is 1.05 bits per heavy atom. The fourth-order valence-corrected chi connectivity index (χ4v) is 8.20. The first-order chi connectivity index (χ1) is 30.7. The van der Waals surface area contributed by atoms with Gasteiger partial charge in [-0.25, -0.2) is 14.8 Å². The molecule has 4 aromatic carbocycles. The number of nitrogens with zero attached hydrogens (tertiary/aromatic N) is 8. The van der Waals surface area contributed by atoms with Crippen molar-refractivity contribution in [2.24, 2.45) is 0 Å². The molecule has 8 aromatic rings. The topological polar surface area (TPSA) is 130 Å². The molecular weight excluding hydrogens is 940 g/mol. The van der Waals surface area contributed by atoms with E-state index in [1.807, 2.05) is 101 Å². The molecule has 0 unspecified atom stereocenters. The molecule has 64 heavy (non-hydrogen) atoms. The highest BCUT2D eigenvalue weighted by Crippen LogP contribution is 2.31. The molecule has 15 heteroatoms. The van der Waals surface area contributed by atoms with Crippen LogP contribution >= 0.6 is 31.9 Å². The van der Waals surface area contributed by atoms with Gasteiger partial charge in [0.1, 0.15) is 39.8 Å². The van der Waals surface area contributed by atoms with E-state index in [4.69, 9.17) is 24.2 Å². The van der Waals surface area contributed by atoms with E-state index in [0.717, 1.165) is 87.1 Å². The fraction of sp³-hybridized carbons (Fsp3) is 0.306. The van der Waals surface area contributed by atoms with Crippen LogP contribution in [0.4, 0.5) is 4.79 Å². The van der Waals surface area contributed by atoms with E-state index in [-0.39, 0.29) is 12.0 Å². The average Bonchev–Trinajstić information content (AvgIpc) is 3.81. The summed E-state index contributed by atoms with van der Waals surface area (Å²) < 4.78 is 22.5. The predicted molar refractivity (Wildman–Crippen MR) is 259 cm³/mol. The zero-order valence-electron chi connectivity index (χ0n) is 37.4. The SMILES string of the molecule is CCN(Cc1nc2cnc3cc(Br)ccc3c2n1Cc1ccc(OC)cc1)C(=O)OC(C)(C)C.CCN(Cc1nc2cnc3cc(Br)ccc3c2n1Cc1ccc(OC)cc1)C(C)=O. The minimum absolute atomic E-state index is 0.0347. The number of benzene rings is 4. The summed E-state index contributed by atoms with van der Waals surface area (Å²) in [5.41, 5.74) is 7.07. The molecular formula is C49H52Br2N8O5. The molecule has 0 N–H and O–H groups in total.